The molecule has 1 aromatic carbocycles. The minimum absolute atomic E-state index is 0.108. The summed E-state index contributed by atoms with van der Waals surface area (Å²) in [6, 6.07) is 9.30. The van der Waals surface area contributed by atoms with Crippen molar-refractivity contribution < 1.29 is 24.1 Å². The predicted octanol–water partition coefficient (Wildman–Crippen LogP) is 2.47. The van der Waals surface area contributed by atoms with E-state index in [-0.39, 0.29) is 18.5 Å². The smallest absolute Gasteiger partial charge is 0.337 e. The van der Waals surface area contributed by atoms with Crippen LogP contribution >= 0.6 is 0 Å². The van der Waals surface area contributed by atoms with Crippen molar-refractivity contribution in [2.24, 2.45) is 5.92 Å². The van der Waals surface area contributed by atoms with Gasteiger partial charge in [0.15, 0.2) is 0 Å². The fraction of sp³-hybridized carbons (Fsp3) is 0.389. The first kappa shape index (κ1) is 17.1. The number of carbonyl (C=O) groups is 1. The number of esters is 1. The maximum absolute atomic E-state index is 11.9. The number of methoxy groups -OCH3 is 2. The molecule has 0 bridgehead atoms. The van der Waals surface area contributed by atoms with Gasteiger partial charge < -0.3 is 19.3 Å². The van der Waals surface area contributed by atoms with E-state index in [1.807, 2.05) is 36.4 Å². The van der Waals surface area contributed by atoms with E-state index in [0.29, 0.717) is 23.5 Å². The van der Waals surface area contributed by atoms with Crippen molar-refractivity contribution in [3.63, 3.8) is 0 Å². The molecule has 2 atom stereocenters. The fourth-order valence-corrected chi connectivity index (χ4v) is 2.57. The molecule has 0 aliphatic heterocycles. The Morgan fingerprint density at radius 3 is 2.74 bits per heavy atom. The highest BCUT2D eigenvalue weighted by Crippen LogP contribution is 2.34. The number of aliphatic hydroxyl groups excluding tert-OH is 1. The van der Waals surface area contributed by atoms with E-state index in [1.54, 1.807) is 13.2 Å². The molecule has 5 heteroatoms. The molecule has 0 heterocycles. The Morgan fingerprint density at radius 1 is 1.35 bits per heavy atom. The predicted molar refractivity (Wildman–Crippen MR) is 85.9 cm³/mol. The van der Waals surface area contributed by atoms with Gasteiger partial charge in [-0.25, -0.2) is 4.79 Å². The van der Waals surface area contributed by atoms with Gasteiger partial charge >= 0.3 is 5.97 Å². The number of hydrogen-bond donors (Lipinski definition) is 1. The molecule has 1 aliphatic rings. The van der Waals surface area contributed by atoms with Crippen LogP contribution in [0.1, 0.15) is 12.8 Å². The van der Waals surface area contributed by atoms with Crippen molar-refractivity contribution in [1.29, 1.82) is 0 Å². The van der Waals surface area contributed by atoms with Crippen LogP contribution in [0.3, 0.4) is 0 Å². The van der Waals surface area contributed by atoms with Crippen LogP contribution in [-0.4, -0.2) is 38.0 Å². The molecule has 0 saturated heterocycles. The summed E-state index contributed by atoms with van der Waals surface area (Å²) in [4.78, 5) is 11.9. The lowest BCUT2D eigenvalue weighted by Gasteiger charge is -2.11. The maximum atomic E-state index is 11.9. The number of para-hydroxylation sites is 1. The zero-order valence-electron chi connectivity index (χ0n) is 13.4. The zero-order chi connectivity index (χ0) is 16.7. The Balaban J connectivity index is 1.93. The van der Waals surface area contributed by atoms with Crippen LogP contribution in [0.4, 0.5) is 0 Å². The summed E-state index contributed by atoms with van der Waals surface area (Å²) >= 11 is 0. The molecule has 2 unspecified atom stereocenters. The van der Waals surface area contributed by atoms with Crippen molar-refractivity contribution >= 4 is 5.97 Å². The average Bonchev–Trinajstić information content (AvgIpc) is 3.01. The number of aliphatic hydroxyl groups is 1. The third kappa shape index (κ3) is 4.60. The molecular weight excluding hydrogens is 296 g/mol. The van der Waals surface area contributed by atoms with Crippen LogP contribution in [0, 0.1) is 5.92 Å². The molecule has 0 spiro atoms. The lowest BCUT2D eigenvalue weighted by molar-refractivity contribution is -0.136. The minimum atomic E-state index is -0.749. The summed E-state index contributed by atoms with van der Waals surface area (Å²) in [6.07, 6.45) is 4.16. The SMILES string of the molecule is COC(=O)C1=C(OC)CCC1C=CC(O)COc1ccccc1. The molecule has 124 valence electrons. The van der Waals surface area contributed by atoms with Gasteiger partial charge in [0, 0.05) is 12.3 Å². The summed E-state index contributed by atoms with van der Waals surface area (Å²) < 4.78 is 15.5. The number of benzene rings is 1. The molecule has 0 amide bonds. The van der Waals surface area contributed by atoms with Crippen molar-refractivity contribution in [2.45, 2.75) is 18.9 Å². The van der Waals surface area contributed by atoms with E-state index in [0.717, 1.165) is 6.42 Å². The fourth-order valence-electron chi connectivity index (χ4n) is 2.57. The molecule has 0 radical (unpaired) electrons. The lowest BCUT2D eigenvalue weighted by Crippen LogP contribution is -2.16. The van der Waals surface area contributed by atoms with Gasteiger partial charge in [0.2, 0.25) is 0 Å². The number of ether oxygens (including phenoxy) is 3. The van der Waals surface area contributed by atoms with Gasteiger partial charge in [-0.3, -0.25) is 0 Å². The standard InChI is InChI=1S/C18H22O5/c1-21-16-11-9-13(17(16)18(20)22-2)8-10-14(19)12-23-15-6-4-3-5-7-15/h3-8,10,13-14,19H,9,11-12H2,1-2H3. The van der Waals surface area contributed by atoms with Gasteiger partial charge in [-0.15, -0.1) is 0 Å². The highest BCUT2D eigenvalue weighted by molar-refractivity contribution is 5.90. The van der Waals surface area contributed by atoms with E-state index in [4.69, 9.17) is 14.2 Å². The Morgan fingerprint density at radius 2 is 2.09 bits per heavy atom. The van der Waals surface area contributed by atoms with E-state index in [1.165, 1.54) is 7.11 Å². The molecule has 1 aliphatic carbocycles. The quantitative estimate of drug-likeness (QED) is 0.618. The topological polar surface area (TPSA) is 65.0 Å². The largest absolute Gasteiger partial charge is 0.501 e. The van der Waals surface area contributed by atoms with Crippen LogP contribution in [0.25, 0.3) is 0 Å². The maximum Gasteiger partial charge on any atom is 0.337 e. The van der Waals surface area contributed by atoms with E-state index in [2.05, 4.69) is 0 Å². The molecular formula is C18H22O5. The van der Waals surface area contributed by atoms with Gasteiger partial charge in [0.25, 0.3) is 0 Å². The first-order valence-electron chi connectivity index (χ1n) is 7.55. The van der Waals surface area contributed by atoms with Gasteiger partial charge in [0.05, 0.1) is 19.8 Å². The van der Waals surface area contributed by atoms with Crippen LogP contribution < -0.4 is 4.74 Å². The molecule has 23 heavy (non-hydrogen) atoms. The minimum Gasteiger partial charge on any atom is -0.501 e. The van der Waals surface area contributed by atoms with Crippen LogP contribution in [0.15, 0.2) is 53.8 Å². The van der Waals surface area contributed by atoms with E-state index < -0.39 is 6.10 Å². The zero-order valence-corrected chi connectivity index (χ0v) is 13.4. The Kier molecular flexibility index (Phi) is 6.23. The van der Waals surface area contributed by atoms with Crippen LogP contribution in [0.2, 0.25) is 0 Å². The summed E-state index contributed by atoms with van der Waals surface area (Å²) in [7, 11) is 2.90. The van der Waals surface area contributed by atoms with Crippen molar-refractivity contribution in [3.8, 4) is 5.75 Å². The van der Waals surface area contributed by atoms with Gasteiger partial charge in [-0.1, -0.05) is 30.4 Å². The average molecular weight is 318 g/mol. The lowest BCUT2D eigenvalue weighted by atomic mass is 10.0. The monoisotopic (exact) mass is 318 g/mol. The summed E-state index contributed by atoms with van der Waals surface area (Å²) in [5.74, 6) is 0.868. The van der Waals surface area contributed by atoms with E-state index >= 15 is 0 Å². The second-order valence-electron chi connectivity index (χ2n) is 5.25. The van der Waals surface area contributed by atoms with Crippen molar-refractivity contribution in [2.75, 3.05) is 20.8 Å². The second-order valence-corrected chi connectivity index (χ2v) is 5.25. The third-order valence-electron chi connectivity index (χ3n) is 3.73. The highest BCUT2D eigenvalue weighted by Gasteiger charge is 2.30. The number of allylic oxidation sites excluding steroid dienone is 2. The first-order valence-corrected chi connectivity index (χ1v) is 7.55. The Hall–Kier alpha value is -2.27. The molecule has 5 nitrogen and oxygen atoms in total. The Bertz CT molecular complexity index is 576. The molecule has 0 fully saturated rings. The second kappa shape index (κ2) is 8.39. The third-order valence-corrected chi connectivity index (χ3v) is 3.73. The highest BCUT2D eigenvalue weighted by atomic mass is 16.5. The Labute approximate surface area is 136 Å². The molecule has 0 aromatic heterocycles. The summed E-state index contributed by atoms with van der Waals surface area (Å²) in [5.41, 5.74) is 0.530. The molecule has 0 saturated carbocycles. The van der Waals surface area contributed by atoms with Crippen LogP contribution in [-0.2, 0) is 14.3 Å². The summed E-state index contributed by atoms with van der Waals surface area (Å²) in [5, 5.41) is 10.0. The normalized spacial score (nSPS) is 19.0. The van der Waals surface area contributed by atoms with Gasteiger partial charge in [-0.05, 0) is 18.6 Å². The van der Waals surface area contributed by atoms with Gasteiger partial charge in [0.1, 0.15) is 24.2 Å². The molecule has 2 rings (SSSR count). The molecule has 1 aromatic rings. The number of rotatable bonds is 7. The van der Waals surface area contributed by atoms with Crippen molar-refractivity contribution in [1.82, 2.24) is 0 Å². The molecule has 1 N–H and O–H groups in total. The van der Waals surface area contributed by atoms with Crippen molar-refractivity contribution in [3.05, 3.63) is 53.8 Å². The number of hydrogen-bond acceptors (Lipinski definition) is 5. The van der Waals surface area contributed by atoms with Gasteiger partial charge in [-0.2, -0.15) is 0 Å². The summed E-state index contributed by atoms with van der Waals surface area (Å²) in [6.45, 7) is 0.154. The first-order chi connectivity index (χ1) is 11.2. The van der Waals surface area contributed by atoms with Crippen LogP contribution in [0.5, 0.6) is 5.75 Å². The number of carbonyl (C=O) groups excluding carboxylic acids is 1. The van der Waals surface area contributed by atoms with E-state index in [9.17, 15) is 9.90 Å².